The smallest absolute Gasteiger partial charge is 0.375 e. The molecule has 2 fully saturated rings. The predicted molar refractivity (Wildman–Crippen MR) is 80.2 cm³/mol. The van der Waals surface area contributed by atoms with Gasteiger partial charge in [0.1, 0.15) is 0 Å². The summed E-state index contributed by atoms with van der Waals surface area (Å²) in [4.78, 5) is 15.5. The Balaban J connectivity index is 1.69. The van der Waals surface area contributed by atoms with Gasteiger partial charge in [0.2, 0.25) is 0 Å². The molecule has 0 saturated carbocycles. The first-order chi connectivity index (χ1) is 10.7. The Morgan fingerprint density at radius 1 is 1.26 bits per heavy atom. The molecule has 0 radical (unpaired) electrons. The van der Waals surface area contributed by atoms with Crippen molar-refractivity contribution in [1.29, 1.82) is 0 Å². The first-order valence-corrected chi connectivity index (χ1v) is 8.20. The van der Waals surface area contributed by atoms with E-state index in [1.807, 2.05) is 13.8 Å². The van der Waals surface area contributed by atoms with Gasteiger partial charge in [-0.05, 0) is 45.7 Å². The summed E-state index contributed by atoms with van der Waals surface area (Å²) in [6.07, 6.45) is -2.73. The Morgan fingerprint density at radius 2 is 1.91 bits per heavy atom. The zero-order valence-electron chi connectivity index (χ0n) is 13.7. The molecule has 0 aromatic rings. The van der Waals surface area contributed by atoms with Crippen molar-refractivity contribution in [2.24, 2.45) is 5.92 Å². The standard InChI is InChI=1S/C15H26F3N3O2/c1-11-9-23-12(2)8-21(11)14(22)19-7-13-3-5-20(6-4-13)10-15(16,17)18/h11-13H,3-10H2,1-2H3,(H,19,22)/t11-,12-/m1/s1. The van der Waals surface area contributed by atoms with Crippen molar-refractivity contribution >= 4 is 6.03 Å². The summed E-state index contributed by atoms with van der Waals surface area (Å²) in [6.45, 7) is 5.54. The molecule has 2 amide bonds. The van der Waals surface area contributed by atoms with Gasteiger partial charge in [0.15, 0.2) is 0 Å². The molecule has 2 rings (SSSR count). The van der Waals surface area contributed by atoms with Gasteiger partial charge in [-0.2, -0.15) is 13.2 Å². The van der Waals surface area contributed by atoms with Gasteiger partial charge >= 0.3 is 12.2 Å². The number of alkyl halides is 3. The zero-order valence-corrected chi connectivity index (χ0v) is 13.7. The summed E-state index contributed by atoms with van der Waals surface area (Å²) in [6, 6.07) is -0.0646. The number of hydrogen-bond acceptors (Lipinski definition) is 3. The molecule has 0 unspecified atom stereocenters. The fraction of sp³-hybridized carbons (Fsp3) is 0.933. The first-order valence-electron chi connectivity index (χ1n) is 8.20. The zero-order chi connectivity index (χ0) is 17.0. The Labute approximate surface area is 135 Å². The quantitative estimate of drug-likeness (QED) is 0.858. The maximum absolute atomic E-state index is 12.4. The lowest BCUT2D eigenvalue weighted by atomic mass is 9.97. The SMILES string of the molecule is C[C@@H]1CN(C(=O)NCC2CCN(CC(F)(F)F)CC2)[C@H](C)CO1. The van der Waals surface area contributed by atoms with Crippen LogP contribution in [0.25, 0.3) is 0 Å². The number of nitrogens with one attached hydrogen (secondary N) is 1. The number of rotatable bonds is 3. The van der Waals surface area contributed by atoms with Gasteiger partial charge in [-0.25, -0.2) is 4.79 Å². The third-order valence-electron chi connectivity index (χ3n) is 4.52. The Bertz CT molecular complexity index is 398. The van der Waals surface area contributed by atoms with Crippen molar-refractivity contribution < 1.29 is 22.7 Å². The number of likely N-dealkylation sites (tertiary alicyclic amines) is 1. The molecule has 5 nitrogen and oxygen atoms in total. The molecule has 2 aliphatic rings. The molecule has 1 N–H and O–H groups in total. The maximum atomic E-state index is 12.4. The third-order valence-corrected chi connectivity index (χ3v) is 4.52. The molecule has 0 bridgehead atoms. The van der Waals surface area contributed by atoms with Crippen LogP contribution in [0, 0.1) is 5.92 Å². The molecule has 0 aromatic heterocycles. The summed E-state index contributed by atoms with van der Waals surface area (Å²) in [5.74, 6) is 0.247. The van der Waals surface area contributed by atoms with Crippen molar-refractivity contribution in [3.8, 4) is 0 Å². The van der Waals surface area contributed by atoms with Crippen LogP contribution in [0.4, 0.5) is 18.0 Å². The molecule has 0 aliphatic carbocycles. The van der Waals surface area contributed by atoms with Crippen LogP contribution in [0.1, 0.15) is 26.7 Å². The molecule has 2 aliphatic heterocycles. The van der Waals surface area contributed by atoms with Gasteiger partial charge in [0.05, 0.1) is 25.3 Å². The van der Waals surface area contributed by atoms with E-state index in [2.05, 4.69) is 5.32 Å². The Kier molecular flexibility index (Phi) is 6.13. The highest BCUT2D eigenvalue weighted by Gasteiger charge is 2.33. The number of morpholine rings is 1. The number of carbonyl (C=O) groups excluding carboxylic acids is 1. The highest BCUT2D eigenvalue weighted by atomic mass is 19.4. The molecule has 2 atom stereocenters. The van der Waals surface area contributed by atoms with E-state index in [1.54, 1.807) is 4.90 Å². The van der Waals surface area contributed by atoms with E-state index in [9.17, 15) is 18.0 Å². The largest absolute Gasteiger partial charge is 0.401 e. The minimum atomic E-state index is -4.13. The molecule has 8 heteroatoms. The van der Waals surface area contributed by atoms with Crippen LogP contribution < -0.4 is 5.32 Å². The molecular weight excluding hydrogens is 311 g/mol. The van der Waals surface area contributed by atoms with Crippen LogP contribution in [-0.4, -0.2) is 73.5 Å². The van der Waals surface area contributed by atoms with E-state index >= 15 is 0 Å². The lowest BCUT2D eigenvalue weighted by Crippen LogP contribution is -2.54. The molecule has 2 heterocycles. The summed E-state index contributed by atoms with van der Waals surface area (Å²) in [5, 5.41) is 2.93. The minimum Gasteiger partial charge on any atom is -0.375 e. The molecule has 0 aromatic carbocycles. The van der Waals surface area contributed by atoms with Gasteiger partial charge in [0, 0.05) is 13.1 Å². The average molecular weight is 337 g/mol. The van der Waals surface area contributed by atoms with E-state index in [1.165, 1.54) is 4.90 Å². The van der Waals surface area contributed by atoms with E-state index in [-0.39, 0.29) is 24.1 Å². The van der Waals surface area contributed by atoms with E-state index in [0.717, 1.165) is 0 Å². The van der Waals surface area contributed by atoms with Gasteiger partial charge < -0.3 is 15.0 Å². The fourth-order valence-electron chi connectivity index (χ4n) is 3.12. The van der Waals surface area contributed by atoms with Gasteiger partial charge in [-0.3, -0.25) is 4.90 Å². The van der Waals surface area contributed by atoms with Crippen LogP contribution in [0.15, 0.2) is 0 Å². The van der Waals surface area contributed by atoms with Crippen molar-refractivity contribution in [2.45, 2.75) is 45.0 Å². The molecule has 134 valence electrons. The third kappa shape index (κ3) is 5.84. The highest BCUT2D eigenvalue weighted by molar-refractivity contribution is 5.74. The lowest BCUT2D eigenvalue weighted by Gasteiger charge is -2.37. The lowest BCUT2D eigenvalue weighted by molar-refractivity contribution is -0.148. The fourth-order valence-corrected chi connectivity index (χ4v) is 3.12. The van der Waals surface area contributed by atoms with Crippen molar-refractivity contribution in [2.75, 3.05) is 39.3 Å². The Morgan fingerprint density at radius 3 is 2.52 bits per heavy atom. The Hall–Kier alpha value is -1.02. The number of amides is 2. The van der Waals surface area contributed by atoms with Crippen LogP contribution in [0.5, 0.6) is 0 Å². The topological polar surface area (TPSA) is 44.8 Å². The summed E-state index contributed by atoms with van der Waals surface area (Å²) < 4.78 is 42.6. The van der Waals surface area contributed by atoms with E-state index < -0.39 is 12.7 Å². The van der Waals surface area contributed by atoms with E-state index in [0.29, 0.717) is 45.6 Å². The number of ether oxygens (including phenoxy) is 1. The molecule has 23 heavy (non-hydrogen) atoms. The number of piperidine rings is 1. The van der Waals surface area contributed by atoms with E-state index in [4.69, 9.17) is 4.74 Å². The second-order valence-corrected chi connectivity index (χ2v) is 6.67. The summed E-state index contributed by atoms with van der Waals surface area (Å²) >= 11 is 0. The van der Waals surface area contributed by atoms with Gasteiger partial charge in [0.25, 0.3) is 0 Å². The van der Waals surface area contributed by atoms with Crippen LogP contribution in [0.2, 0.25) is 0 Å². The van der Waals surface area contributed by atoms with Gasteiger partial charge in [-0.1, -0.05) is 0 Å². The number of hydrogen-bond donors (Lipinski definition) is 1. The van der Waals surface area contributed by atoms with Crippen LogP contribution in [0.3, 0.4) is 0 Å². The minimum absolute atomic E-state index is 0.0301. The second kappa shape index (κ2) is 7.70. The molecule has 0 spiro atoms. The van der Waals surface area contributed by atoms with Crippen LogP contribution >= 0.6 is 0 Å². The first kappa shape index (κ1) is 18.3. The predicted octanol–water partition coefficient (Wildman–Crippen LogP) is 2.08. The number of carbonyl (C=O) groups is 1. The maximum Gasteiger partial charge on any atom is 0.401 e. The number of nitrogens with zero attached hydrogens (tertiary/aromatic N) is 2. The highest BCUT2D eigenvalue weighted by Crippen LogP contribution is 2.22. The van der Waals surface area contributed by atoms with Crippen molar-refractivity contribution in [3.63, 3.8) is 0 Å². The average Bonchev–Trinajstić information content (AvgIpc) is 2.47. The summed E-state index contributed by atoms with van der Waals surface area (Å²) in [5.41, 5.74) is 0. The second-order valence-electron chi connectivity index (χ2n) is 6.67. The van der Waals surface area contributed by atoms with Crippen LogP contribution in [-0.2, 0) is 4.74 Å². The number of urea groups is 1. The molecular formula is C15H26F3N3O2. The monoisotopic (exact) mass is 337 g/mol. The molecule has 2 saturated heterocycles. The van der Waals surface area contributed by atoms with Crippen molar-refractivity contribution in [3.05, 3.63) is 0 Å². The number of halogens is 3. The van der Waals surface area contributed by atoms with Crippen molar-refractivity contribution in [1.82, 2.24) is 15.1 Å². The summed E-state index contributed by atoms with van der Waals surface area (Å²) in [7, 11) is 0. The van der Waals surface area contributed by atoms with Gasteiger partial charge in [-0.15, -0.1) is 0 Å². The normalized spacial score (nSPS) is 28.0.